The fraction of sp³-hybridized carbons (Fsp3) is 0.636. The van der Waals surface area contributed by atoms with Gasteiger partial charge in [-0.15, -0.1) is 0 Å². The van der Waals surface area contributed by atoms with Crippen LogP contribution >= 0.6 is 0 Å². The number of carboxylic acid groups (broad SMARTS) is 2. The largest absolute Gasteiger partial charge is 0.480 e. The molecule has 0 heterocycles. The molecule has 3 unspecified atom stereocenters. The zero-order valence-electron chi connectivity index (χ0n) is 8.51. The van der Waals surface area contributed by atoms with Crippen LogP contribution in [0.1, 0.15) is 19.8 Å². The molecule has 0 saturated heterocycles. The maximum Gasteiger partial charge on any atom is 0.321 e. The minimum Gasteiger partial charge on any atom is -0.480 e. The van der Waals surface area contributed by atoms with Crippen LogP contribution in [-0.2, 0) is 9.59 Å². The van der Waals surface area contributed by atoms with E-state index in [1.165, 1.54) is 6.92 Å². The van der Waals surface area contributed by atoms with E-state index in [-0.39, 0.29) is 11.8 Å². The third-order valence-corrected chi connectivity index (χ3v) is 3.91. The molecular weight excluding hydrogens is 196 g/mol. The quantitative estimate of drug-likeness (QED) is 0.545. The maximum atomic E-state index is 11.1. The summed E-state index contributed by atoms with van der Waals surface area (Å²) in [5, 5.41) is 18.2. The Morgan fingerprint density at radius 1 is 1.20 bits per heavy atom. The smallest absolute Gasteiger partial charge is 0.321 e. The van der Waals surface area contributed by atoms with Gasteiger partial charge in [-0.3, -0.25) is 9.59 Å². The number of carbonyl (C=O) groups is 2. The molecule has 0 radical (unpaired) electrons. The topological polar surface area (TPSA) is 74.6 Å². The normalized spacial score (nSPS) is 33.3. The average molecular weight is 210 g/mol. The summed E-state index contributed by atoms with van der Waals surface area (Å²) >= 11 is 0. The van der Waals surface area contributed by atoms with E-state index in [0.717, 1.165) is 6.42 Å². The van der Waals surface area contributed by atoms with Crippen molar-refractivity contribution in [3.8, 4) is 0 Å². The molecule has 2 bridgehead atoms. The molecule has 0 aliphatic heterocycles. The first-order chi connectivity index (χ1) is 6.96. The lowest BCUT2D eigenvalue weighted by Crippen LogP contribution is -2.44. The molecule has 2 aliphatic carbocycles. The molecule has 0 spiro atoms. The number of hydrogen-bond donors (Lipinski definition) is 2. The summed E-state index contributed by atoms with van der Waals surface area (Å²) in [5.74, 6) is -2.19. The van der Waals surface area contributed by atoms with Gasteiger partial charge in [0.25, 0.3) is 0 Å². The molecule has 1 saturated carbocycles. The van der Waals surface area contributed by atoms with Crippen molar-refractivity contribution in [3.05, 3.63) is 12.2 Å². The monoisotopic (exact) mass is 210 g/mol. The van der Waals surface area contributed by atoms with Gasteiger partial charge < -0.3 is 10.2 Å². The van der Waals surface area contributed by atoms with Crippen LogP contribution in [0, 0.1) is 23.2 Å². The highest BCUT2D eigenvalue weighted by Crippen LogP contribution is 2.51. The van der Waals surface area contributed by atoms with Crippen LogP contribution < -0.4 is 0 Å². The Morgan fingerprint density at radius 3 is 2.13 bits per heavy atom. The molecule has 4 heteroatoms. The van der Waals surface area contributed by atoms with E-state index in [4.69, 9.17) is 10.2 Å². The molecule has 2 N–H and O–H groups in total. The zero-order chi connectivity index (χ0) is 11.2. The Labute approximate surface area is 87.6 Å². The molecule has 2 aliphatic rings. The lowest BCUT2D eigenvalue weighted by atomic mass is 9.70. The summed E-state index contributed by atoms with van der Waals surface area (Å²) in [4.78, 5) is 22.2. The van der Waals surface area contributed by atoms with Crippen molar-refractivity contribution in [1.82, 2.24) is 0 Å². The second-order valence-corrected chi connectivity index (χ2v) is 4.70. The Hall–Kier alpha value is -1.32. The van der Waals surface area contributed by atoms with Crippen molar-refractivity contribution in [1.29, 1.82) is 0 Å². The van der Waals surface area contributed by atoms with Crippen LogP contribution in [0.5, 0.6) is 0 Å². The van der Waals surface area contributed by atoms with E-state index in [1.807, 2.05) is 6.08 Å². The third-order valence-electron chi connectivity index (χ3n) is 3.91. The molecule has 82 valence electrons. The van der Waals surface area contributed by atoms with Gasteiger partial charge in [-0.25, -0.2) is 0 Å². The van der Waals surface area contributed by atoms with Crippen LogP contribution in [0.2, 0.25) is 0 Å². The number of hydrogen-bond acceptors (Lipinski definition) is 2. The highest BCUT2D eigenvalue weighted by atomic mass is 16.4. The van der Waals surface area contributed by atoms with Crippen LogP contribution in [-0.4, -0.2) is 22.2 Å². The number of rotatable bonds is 3. The van der Waals surface area contributed by atoms with E-state index < -0.39 is 17.4 Å². The van der Waals surface area contributed by atoms with Crippen LogP contribution in [0.3, 0.4) is 0 Å². The van der Waals surface area contributed by atoms with Gasteiger partial charge in [-0.2, -0.15) is 0 Å². The van der Waals surface area contributed by atoms with Gasteiger partial charge in [0, 0.05) is 0 Å². The summed E-state index contributed by atoms with van der Waals surface area (Å²) in [6.07, 6.45) is 5.66. The molecule has 3 atom stereocenters. The molecule has 0 aromatic carbocycles. The third kappa shape index (κ3) is 1.28. The van der Waals surface area contributed by atoms with Crippen LogP contribution in [0.4, 0.5) is 0 Å². The highest BCUT2D eigenvalue weighted by molar-refractivity contribution is 5.98. The van der Waals surface area contributed by atoms with Gasteiger partial charge in [0.15, 0.2) is 5.41 Å². The van der Waals surface area contributed by atoms with Crippen molar-refractivity contribution < 1.29 is 19.8 Å². The van der Waals surface area contributed by atoms with Gasteiger partial charge in [-0.1, -0.05) is 12.2 Å². The van der Waals surface area contributed by atoms with Crippen LogP contribution in [0.25, 0.3) is 0 Å². The Bertz CT molecular complexity index is 330. The van der Waals surface area contributed by atoms with Gasteiger partial charge in [-0.05, 0) is 37.5 Å². The standard InChI is InChI=1S/C11H14O4/c1-11(9(12)13,10(14)15)8-5-6-2-3-7(8)4-6/h2-3,6-8H,4-5H2,1H3,(H,12,13)(H,14,15). The second kappa shape index (κ2) is 3.08. The van der Waals surface area contributed by atoms with Crippen LogP contribution in [0.15, 0.2) is 12.2 Å². The van der Waals surface area contributed by atoms with Gasteiger partial charge in [0.05, 0.1) is 0 Å². The summed E-state index contributed by atoms with van der Waals surface area (Å²) in [7, 11) is 0. The zero-order valence-corrected chi connectivity index (χ0v) is 8.51. The summed E-state index contributed by atoms with van der Waals surface area (Å²) in [5.41, 5.74) is -1.63. The predicted molar refractivity (Wildman–Crippen MR) is 52.2 cm³/mol. The van der Waals surface area contributed by atoms with Crippen molar-refractivity contribution >= 4 is 11.9 Å². The van der Waals surface area contributed by atoms with Gasteiger partial charge in [0.1, 0.15) is 0 Å². The SMILES string of the molecule is CC(C(=O)O)(C(=O)O)C1CC2C=CC1C2. The van der Waals surface area contributed by atoms with E-state index in [0.29, 0.717) is 12.3 Å². The average Bonchev–Trinajstić information content (AvgIpc) is 2.76. The van der Waals surface area contributed by atoms with Crippen molar-refractivity contribution in [2.24, 2.45) is 23.2 Å². The van der Waals surface area contributed by atoms with Gasteiger partial charge in [0.2, 0.25) is 0 Å². The Morgan fingerprint density at radius 2 is 1.80 bits per heavy atom. The second-order valence-electron chi connectivity index (χ2n) is 4.70. The Balaban J connectivity index is 2.31. The first kappa shape index (κ1) is 10.2. The lowest BCUT2D eigenvalue weighted by Gasteiger charge is -2.31. The first-order valence-corrected chi connectivity index (χ1v) is 5.11. The Kier molecular flexibility index (Phi) is 2.10. The molecule has 0 aromatic rings. The number of allylic oxidation sites excluding steroid dienone is 2. The summed E-state index contributed by atoms with van der Waals surface area (Å²) < 4.78 is 0. The highest BCUT2D eigenvalue weighted by Gasteiger charge is 2.55. The van der Waals surface area contributed by atoms with Crippen molar-refractivity contribution in [2.75, 3.05) is 0 Å². The van der Waals surface area contributed by atoms with E-state index in [1.54, 1.807) is 0 Å². The lowest BCUT2D eigenvalue weighted by molar-refractivity contribution is -0.168. The molecule has 2 rings (SSSR count). The van der Waals surface area contributed by atoms with E-state index >= 15 is 0 Å². The predicted octanol–water partition coefficient (Wildman–Crippen LogP) is 1.37. The van der Waals surface area contributed by atoms with E-state index in [2.05, 4.69) is 6.08 Å². The number of carboxylic acids is 2. The molecule has 4 nitrogen and oxygen atoms in total. The minimum atomic E-state index is -1.63. The number of aliphatic carboxylic acids is 2. The first-order valence-electron chi connectivity index (χ1n) is 5.11. The summed E-state index contributed by atoms with van der Waals surface area (Å²) in [6.45, 7) is 1.33. The minimum absolute atomic E-state index is 0.132. The fourth-order valence-electron chi connectivity index (χ4n) is 2.85. The molecule has 0 amide bonds. The molecule has 15 heavy (non-hydrogen) atoms. The maximum absolute atomic E-state index is 11.1. The number of fused-ring (bicyclic) bond motifs is 2. The summed E-state index contributed by atoms with van der Waals surface area (Å²) in [6, 6.07) is 0. The van der Waals surface area contributed by atoms with E-state index in [9.17, 15) is 9.59 Å². The van der Waals surface area contributed by atoms with Crippen molar-refractivity contribution in [2.45, 2.75) is 19.8 Å². The van der Waals surface area contributed by atoms with Crippen molar-refractivity contribution in [3.63, 3.8) is 0 Å². The molecule has 1 fully saturated rings. The fourth-order valence-corrected chi connectivity index (χ4v) is 2.85. The molecule has 0 aromatic heterocycles. The van der Waals surface area contributed by atoms with Gasteiger partial charge >= 0.3 is 11.9 Å². The molecular formula is C11H14O4.